The number of H-pyrrole nitrogens is 1. The van der Waals surface area contributed by atoms with Crippen molar-refractivity contribution >= 4 is 22.9 Å². The van der Waals surface area contributed by atoms with Crippen molar-refractivity contribution in [2.75, 3.05) is 6.61 Å². The lowest BCUT2D eigenvalue weighted by atomic mass is 9.32. The van der Waals surface area contributed by atoms with Crippen LogP contribution in [0.2, 0.25) is 0 Å². The monoisotopic (exact) mass is 889 g/mol. The Morgan fingerprint density at radius 2 is 1.68 bits per heavy atom. The van der Waals surface area contributed by atoms with Crippen LogP contribution in [0.5, 0.6) is 28.7 Å². The van der Waals surface area contributed by atoms with Gasteiger partial charge in [-0.2, -0.15) is 0 Å². The Morgan fingerprint density at radius 1 is 0.803 bits per heavy atom. The standard InChI is InChI=1S/C56H63N3O7/c60-25-20-38-40-17-12-33-26-31(10-16-41-37(15-9-32-11-18-43(61)46(64)27-32)39-6-1-7-44(62)48(39)51(66)50(41)65)8-14-36(33)49(40)59-53-42(38)28-35-5-3-22-55(35)24-23-54-21-2-4-34(54)13-19-45(63)52(54)56(53,55)47-29-57-30-58-47/h1,6-9,11,13-15,18-19,26-27,29-30,34-35,38,40,42,45,49,52-53,59-66H,2-5,10,12,16-17,20-25,28H2,(H,57,58)/b15-9+/t34-,35+,38-,40-,42-,45-,49-,52+,53+,54+,55+,56-/m0/s1. The van der Waals surface area contributed by atoms with Gasteiger partial charge in [0.25, 0.3) is 0 Å². The van der Waals surface area contributed by atoms with Crippen LogP contribution in [0.3, 0.4) is 0 Å². The molecule has 344 valence electrons. The fourth-order valence-corrected chi connectivity index (χ4v) is 17.0. The van der Waals surface area contributed by atoms with E-state index in [-0.39, 0.29) is 75.0 Å². The lowest BCUT2D eigenvalue weighted by Crippen LogP contribution is -2.77. The third-order valence-corrected chi connectivity index (χ3v) is 19.3. The molecule has 4 saturated carbocycles. The van der Waals surface area contributed by atoms with Gasteiger partial charge in [0.1, 0.15) is 5.75 Å². The molecule has 1 aromatic heterocycles. The molecule has 0 unspecified atom stereocenters. The summed E-state index contributed by atoms with van der Waals surface area (Å²) in [6.07, 6.45) is 26.1. The van der Waals surface area contributed by atoms with Crippen molar-refractivity contribution in [1.29, 1.82) is 0 Å². The SMILES string of the molecule is OCC[C@@H]1[C@@H]2C[C@H]3CCC[C@@]34CC[C@]35CCC[C@H]3C=C[C@H](O)[C@H]5[C@@]4(c3cnc[nH]3)[C@@H]2N[C@H]2c3ccc(CCc4c(O)c(O)c5c(O)cccc5c4/C=C/c4ccc(O)c(O)c4)cc3CC[C@@H]12. The fraction of sp³-hybridized carbons (Fsp3) is 0.482. The van der Waals surface area contributed by atoms with Gasteiger partial charge in [0, 0.05) is 47.5 Å². The van der Waals surface area contributed by atoms with Crippen molar-refractivity contribution in [3.05, 3.63) is 118 Å². The predicted molar refractivity (Wildman–Crippen MR) is 254 cm³/mol. The molecule has 4 aromatic carbocycles. The number of imidazole rings is 1. The summed E-state index contributed by atoms with van der Waals surface area (Å²) < 4.78 is 0. The summed E-state index contributed by atoms with van der Waals surface area (Å²) in [6.45, 7) is 0.169. The van der Waals surface area contributed by atoms with E-state index in [0.29, 0.717) is 64.5 Å². The van der Waals surface area contributed by atoms with Crippen LogP contribution in [0.15, 0.2) is 79.3 Å². The zero-order valence-corrected chi connectivity index (χ0v) is 37.5. The minimum absolute atomic E-state index is 0.0439. The van der Waals surface area contributed by atoms with E-state index in [4.69, 9.17) is 4.98 Å². The second-order valence-corrected chi connectivity index (χ2v) is 21.5. The first kappa shape index (κ1) is 42.1. The summed E-state index contributed by atoms with van der Waals surface area (Å²) in [5.74, 6) is 0.954. The normalized spacial score (nSPS) is 35.2. The maximum Gasteiger partial charge on any atom is 0.169 e. The average molecular weight is 890 g/mol. The number of piperidine rings is 1. The van der Waals surface area contributed by atoms with Gasteiger partial charge in [-0.3, -0.25) is 0 Å². The molecule has 0 amide bonds. The number of phenols is 5. The number of nitrogens with one attached hydrogen (secondary N) is 2. The van der Waals surface area contributed by atoms with Gasteiger partial charge in [-0.25, -0.2) is 4.98 Å². The molecule has 9 N–H and O–H groups in total. The molecule has 1 aliphatic heterocycles. The molecular weight excluding hydrogens is 827 g/mol. The van der Waals surface area contributed by atoms with E-state index in [1.54, 1.807) is 18.2 Å². The van der Waals surface area contributed by atoms with Crippen molar-refractivity contribution in [3.8, 4) is 28.7 Å². The molecule has 2 heterocycles. The summed E-state index contributed by atoms with van der Waals surface area (Å²) in [6, 6.07) is 16.7. The van der Waals surface area contributed by atoms with Gasteiger partial charge in [-0.05, 0) is 169 Å². The molecule has 10 nitrogen and oxygen atoms in total. The number of rotatable bonds is 8. The molecule has 1 saturated heterocycles. The molecule has 7 aliphatic rings. The molecule has 5 aromatic rings. The Kier molecular flexibility index (Phi) is 9.98. The van der Waals surface area contributed by atoms with Crippen molar-refractivity contribution in [2.45, 2.75) is 113 Å². The number of aliphatic hydroxyl groups excluding tert-OH is 2. The summed E-state index contributed by atoms with van der Waals surface area (Å²) in [7, 11) is 0. The lowest BCUT2D eigenvalue weighted by molar-refractivity contribution is -0.209. The van der Waals surface area contributed by atoms with Crippen molar-refractivity contribution < 1.29 is 35.7 Å². The van der Waals surface area contributed by atoms with Crippen molar-refractivity contribution in [1.82, 2.24) is 15.3 Å². The van der Waals surface area contributed by atoms with Crippen LogP contribution in [0.25, 0.3) is 22.9 Å². The first-order valence-electron chi connectivity index (χ1n) is 24.8. The Labute approximate surface area is 386 Å². The topological polar surface area (TPSA) is 182 Å². The van der Waals surface area contributed by atoms with E-state index >= 15 is 0 Å². The highest BCUT2D eigenvalue weighted by molar-refractivity contribution is 6.03. The van der Waals surface area contributed by atoms with E-state index < -0.39 is 6.10 Å². The number of allylic oxidation sites excluding steroid dienone is 1. The summed E-state index contributed by atoms with van der Waals surface area (Å²) in [5, 5.41) is 82.6. The predicted octanol–water partition coefficient (Wildman–Crippen LogP) is 9.49. The van der Waals surface area contributed by atoms with Gasteiger partial charge >= 0.3 is 0 Å². The molecule has 0 radical (unpaired) electrons. The maximum absolute atomic E-state index is 12.6. The van der Waals surface area contributed by atoms with Crippen LogP contribution in [0.1, 0.15) is 116 Å². The molecule has 5 fully saturated rings. The highest BCUT2D eigenvalue weighted by Gasteiger charge is 2.77. The maximum atomic E-state index is 12.6. The third-order valence-electron chi connectivity index (χ3n) is 19.3. The number of benzene rings is 4. The second kappa shape index (κ2) is 15.6. The Balaban J connectivity index is 0.924. The summed E-state index contributed by atoms with van der Waals surface area (Å²) >= 11 is 0. The second-order valence-electron chi connectivity index (χ2n) is 21.5. The first-order chi connectivity index (χ1) is 32.1. The minimum Gasteiger partial charge on any atom is -0.507 e. The zero-order valence-electron chi connectivity index (χ0n) is 37.5. The van der Waals surface area contributed by atoms with Gasteiger partial charge in [0.05, 0.1) is 17.8 Å². The fourth-order valence-electron chi connectivity index (χ4n) is 17.0. The third kappa shape index (κ3) is 5.86. The molecule has 12 atom stereocenters. The first-order valence-corrected chi connectivity index (χ1v) is 24.8. The number of aromatic hydroxyl groups is 5. The Hall–Kier alpha value is -5.29. The molecule has 10 heteroatoms. The van der Waals surface area contributed by atoms with Gasteiger partial charge in [-0.1, -0.05) is 73.5 Å². The summed E-state index contributed by atoms with van der Waals surface area (Å²) in [5.41, 5.74) is 6.55. The largest absolute Gasteiger partial charge is 0.507 e. The van der Waals surface area contributed by atoms with Crippen molar-refractivity contribution in [2.24, 2.45) is 46.3 Å². The Morgan fingerprint density at radius 3 is 2.52 bits per heavy atom. The highest BCUT2D eigenvalue weighted by atomic mass is 16.3. The average Bonchev–Trinajstić information content (AvgIpc) is 4.11. The van der Waals surface area contributed by atoms with Gasteiger partial charge < -0.3 is 46.0 Å². The van der Waals surface area contributed by atoms with Crippen LogP contribution in [-0.4, -0.2) is 64.5 Å². The molecule has 0 bridgehead atoms. The number of aromatic nitrogens is 2. The van der Waals surface area contributed by atoms with Gasteiger partial charge in [-0.15, -0.1) is 0 Å². The van der Waals surface area contributed by atoms with E-state index in [1.807, 2.05) is 18.5 Å². The molecular formula is C56H63N3O7. The van der Waals surface area contributed by atoms with E-state index in [1.165, 1.54) is 86.4 Å². The number of hydrogen-bond acceptors (Lipinski definition) is 9. The number of nitrogens with zero attached hydrogens (tertiary/aromatic N) is 1. The van der Waals surface area contributed by atoms with Crippen molar-refractivity contribution in [3.63, 3.8) is 0 Å². The Bertz CT molecular complexity index is 2770. The smallest absolute Gasteiger partial charge is 0.169 e. The van der Waals surface area contributed by atoms with Gasteiger partial charge in [0.2, 0.25) is 0 Å². The quantitative estimate of drug-likeness (QED) is 0.0416. The minimum atomic E-state index is -0.538. The van der Waals surface area contributed by atoms with Crippen LogP contribution in [0, 0.1) is 46.3 Å². The van der Waals surface area contributed by atoms with E-state index in [9.17, 15) is 35.7 Å². The van der Waals surface area contributed by atoms with Crippen LogP contribution in [0.4, 0.5) is 0 Å². The van der Waals surface area contributed by atoms with E-state index in [2.05, 4.69) is 46.8 Å². The number of aromatic amines is 1. The number of aliphatic hydroxyl groups is 2. The van der Waals surface area contributed by atoms with Gasteiger partial charge in [0.15, 0.2) is 23.0 Å². The van der Waals surface area contributed by atoms with Crippen LogP contribution >= 0.6 is 0 Å². The number of hydrogen-bond donors (Lipinski definition) is 9. The molecule has 66 heavy (non-hydrogen) atoms. The molecule has 12 rings (SSSR count). The van der Waals surface area contributed by atoms with Crippen LogP contribution in [-0.2, 0) is 24.7 Å². The van der Waals surface area contributed by atoms with E-state index in [0.717, 1.165) is 31.2 Å². The number of fused-ring (bicyclic) bond motifs is 7. The van der Waals surface area contributed by atoms with Crippen LogP contribution < -0.4 is 5.32 Å². The zero-order chi connectivity index (χ0) is 45.1. The summed E-state index contributed by atoms with van der Waals surface area (Å²) in [4.78, 5) is 8.56. The molecule has 2 spiro atoms. The highest BCUT2D eigenvalue weighted by Crippen LogP contribution is 2.78. The lowest BCUT2D eigenvalue weighted by Gasteiger charge is -2.74. The number of phenolic OH excluding ortho intramolecular Hbond substituents is 5. The molecule has 6 aliphatic carbocycles. The number of aryl methyl sites for hydroxylation is 2.